The van der Waals surface area contributed by atoms with E-state index in [1.807, 2.05) is 6.08 Å². The Bertz CT molecular complexity index is 1090. The van der Waals surface area contributed by atoms with Crippen LogP contribution in [0.2, 0.25) is 0 Å². The molecular weight excluding hydrogens is 827 g/mol. The number of rotatable bonds is 55. The molecule has 3 N–H and O–H groups in total. The van der Waals surface area contributed by atoms with Gasteiger partial charge in [0.15, 0.2) is 0 Å². The van der Waals surface area contributed by atoms with Crippen molar-refractivity contribution in [3.63, 3.8) is 0 Å². The first-order valence-corrected chi connectivity index (χ1v) is 29.8. The fourth-order valence-corrected chi connectivity index (χ4v) is 9.03. The lowest BCUT2D eigenvalue weighted by Crippen LogP contribution is -2.45. The molecule has 0 aliphatic heterocycles. The van der Waals surface area contributed by atoms with Gasteiger partial charge in [-0.2, -0.15) is 0 Å². The molecule has 0 radical (unpaired) electrons. The van der Waals surface area contributed by atoms with Crippen molar-refractivity contribution >= 4 is 11.9 Å². The summed E-state index contributed by atoms with van der Waals surface area (Å²) in [6.45, 7) is 4.88. The van der Waals surface area contributed by atoms with Gasteiger partial charge in [0.1, 0.15) is 0 Å². The van der Waals surface area contributed by atoms with Crippen molar-refractivity contribution < 1.29 is 24.5 Å². The normalized spacial score (nSPS) is 12.8. The van der Waals surface area contributed by atoms with Gasteiger partial charge in [0.25, 0.3) is 0 Å². The molecule has 2 unspecified atom stereocenters. The second kappa shape index (κ2) is 56.7. The summed E-state index contributed by atoms with van der Waals surface area (Å²) < 4.78 is 5.49. The van der Waals surface area contributed by atoms with Gasteiger partial charge in [0.2, 0.25) is 5.91 Å². The van der Waals surface area contributed by atoms with E-state index in [1.54, 1.807) is 6.08 Å². The van der Waals surface area contributed by atoms with Gasteiger partial charge in [-0.25, -0.2) is 0 Å². The Labute approximate surface area is 417 Å². The van der Waals surface area contributed by atoms with Crippen LogP contribution < -0.4 is 5.32 Å². The summed E-state index contributed by atoms with van der Waals surface area (Å²) >= 11 is 0. The fraction of sp³-hybridized carbons (Fsp3) is 0.869. The maximum absolute atomic E-state index is 12.4. The van der Waals surface area contributed by atoms with Crippen LogP contribution in [0.5, 0.6) is 0 Å². The van der Waals surface area contributed by atoms with Gasteiger partial charge in [0.05, 0.1) is 25.4 Å². The van der Waals surface area contributed by atoms with E-state index in [9.17, 15) is 19.8 Å². The van der Waals surface area contributed by atoms with E-state index >= 15 is 0 Å². The lowest BCUT2D eigenvalue weighted by Gasteiger charge is -2.20. The van der Waals surface area contributed by atoms with Gasteiger partial charge < -0.3 is 20.3 Å². The Morgan fingerprint density at radius 1 is 0.403 bits per heavy atom. The molecule has 394 valence electrons. The number of ether oxygens (including phenoxy) is 1. The molecule has 0 bridgehead atoms. The highest BCUT2D eigenvalue weighted by atomic mass is 16.5. The molecule has 1 amide bonds. The van der Waals surface area contributed by atoms with Gasteiger partial charge in [-0.15, -0.1) is 0 Å². The zero-order valence-electron chi connectivity index (χ0n) is 44.9. The van der Waals surface area contributed by atoms with Crippen LogP contribution in [0.3, 0.4) is 0 Å². The van der Waals surface area contributed by atoms with Gasteiger partial charge >= 0.3 is 5.97 Å². The van der Waals surface area contributed by atoms with Crippen molar-refractivity contribution in [3.8, 4) is 0 Å². The van der Waals surface area contributed by atoms with Crippen molar-refractivity contribution in [2.45, 2.75) is 328 Å². The smallest absolute Gasteiger partial charge is 0.305 e. The Balaban J connectivity index is 3.39. The molecule has 0 aromatic carbocycles. The molecule has 6 heteroatoms. The summed E-state index contributed by atoms with van der Waals surface area (Å²) in [5.74, 6) is -0.0689. The zero-order chi connectivity index (χ0) is 48.6. The summed E-state index contributed by atoms with van der Waals surface area (Å²) in [5, 5.41) is 23.0. The Hall–Kier alpha value is -1.92. The van der Waals surface area contributed by atoms with Gasteiger partial charge in [-0.1, -0.05) is 256 Å². The van der Waals surface area contributed by atoms with E-state index < -0.39 is 12.1 Å². The first kappa shape index (κ1) is 65.1. The second-order valence-corrected chi connectivity index (χ2v) is 20.3. The molecule has 0 saturated heterocycles. The number of carbonyl (C=O) groups excluding carboxylic acids is 2. The van der Waals surface area contributed by atoms with E-state index in [0.29, 0.717) is 19.4 Å². The number of unbranched alkanes of at least 4 members (excludes halogenated alkanes) is 40. The van der Waals surface area contributed by atoms with Crippen LogP contribution in [0.1, 0.15) is 316 Å². The standard InChI is InChI=1S/C61H115NO5/c1-3-5-7-9-11-13-15-16-17-25-29-32-35-39-43-47-51-55-61(66)67-56-52-48-44-40-36-33-30-27-24-22-20-18-19-21-23-26-28-31-34-38-42-46-50-54-60(65)62-58(57-63)59(64)53-49-45-41-37-14-12-10-8-6-4-2/h16-17,21,23,49,53,58-59,63-64H,3-15,18-20,22,24-48,50-52,54-57H2,1-2H3,(H,62,65)/b17-16-,23-21-,53-49+. The number of hydrogen-bond donors (Lipinski definition) is 3. The van der Waals surface area contributed by atoms with Crippen molar-refractivity contribution in [1.82, 2.24) is 5.32 Å². The number of aliphatic hydroxyl groups excluding tert-OH is 2. The topological polar surface area (TPSA) is 95.9 Å². The van der Waals surface area contributed by atoms with E-state index in [1.165, 1.54) is 238 Å². The highest BCUT2D eigenvalue weighted by molar-refractivity contribution is 5.76. The quantitative estimate of drug-likeness (QED) is 0.0321. The molecule has 0 spiro atoms. The molecule has 0 aliphatic carbocycles. The van der Waals surface area contributed by atoms with E-state index in [-0.39, 0.29) is 18.5 Å². The molecule has 67 heavy (non-hydrogen) atoms. The van der Waals surface area contributed by atoms with Crippen LogP contribution in [0.15, 0.2) is 36.5 Å². The number of allylic oxidation sites excluding steroid dienone is 5. The molecule has 2 atom stereocenters. The zero-order valence-corrected chi connectivity index (χ0v) is 44.9. The van der Waals surface area contributed by atoms with Crippen LogP contribution >= 0.6 is 0 Å². The third kappa shape index (κ3) is 53.3. The Morgan fingerprint density at radius 2 is 0.701 bits per heavy atom. The van der Waals surface area contributed by atoms with Crippen LogP contribution in [-0.2, 0) is 14.3 Å². The summed E-state index contributed by atoms with van der Waals surface area (Å²) in [4.78, 5) is 24.5. The monoisotopic (exact) mass is 942 g/mol. The number of carbonyl (C=O) groups is 2. The summed E-state index contributed by atoms with van der Waals surface area (Å²) in [6.07, 6.45) is 70.4. The molecule has 0 fully saturated rings. The molecule has 0 rings (SSSR count). The fourth-order valence-electron chi connectivity index (χ4n) is 9.03. The number of nitrogens with one attached hydrogen (secondary N) is 1. The Kier molecular flexibility index (Phi) is 55.0. The first-order valence-electron chi connectivity index (χ1n) is 29.8. The number of hydrogen-bond acceptors (Lipinski definition) is 5. The minimum Gasteiger partial charge on any atom is -0.466 e. The van der Waals surface area contributed by atoms with E-state index in [4.69, 9.17) is 4.74 Å². The van der Waals surface area contributed by atoms with E-state index in [2.05, 4.69) is 43.5 Å². The molecule has 0 aliphatic rings. The molecule has 0 aromatic heterocycles. The third-order valence-corrected chi connectivity index (χ3v) is 13.6. The average molecular weight is 943 g/mol. The van der Waals surface area contributed by atoms with Crippen LogP contribution in [-0.4, -0.2) is 47.4 Å². The van der Waals surface area contributed by atoms with Crippen molar-refractivity contribution in [2.75, 3.05) is 13.2 Å². The minimum absolute atomic E-state index is 0.00733. The predicted octanol–water partition coefficient (Wildman–Crippen LogP) is 18.4. The molecule has 0 saturated carbocycles. The molecule has 6 nitrogen and oxygen atoms in total. The van der Waals surface area contributed by atoms with Crippen molar-refractivity contribution in [2.24, 2.45) is 0 Å². The number of aliphatic hydroxyl groups is 2. The van der Waals surface area contributed by atoms with Crippen LogP contribution in [0.4, 0.5) is 0 Å². The second-order valence-electron chi connectivity index (χ2n) is 20.3. The van der Waals surface area contributed by atoms with Gasteiger partial charge in [0, 0.05) is 12.8 Å². The summed E-state index contributed by atoms with van der Waals surface area (Å²) in [7, 11) is 0. The number of amides is 1. The highest BCUT2D eigenvalue weighted by Crippen LogP contribution is 2.16. The maximum Gasteiger partial charge on any atom is 0.305 e. The molecular formula is C61H115NO5. The van der Waals surface area contributed by atoms with E-state index in [0.717, 1.165) is 51.4 Å². The van der Waals surface area contributed by atoms with Gasteiger partial charge in [-0.05, 0) is 83.5 Å². The lowest BCUT2D eigenvalue weighted by molar-refractivity contribution is -0.143. The van der Waals surface area contributed by atoms with Crippen LogP contribution in [0.25, 0.3) is 0 Å². The first-order chi connectivity index (χ1) is 33.0. The lowest BCUT2D eigenvalue weighted by atomic mass is 10.0. The van der Waals surface area contributed by atoms with Crippen LogP contribution in [0, 0.1) is 0 Å². The maximum atomic E-state index is 12.4. The largest absolute Gasteiger partial charge is 0.466 e. The summed E-state index contributed by atoms with van der Waals surface area (Å²) in [6, 6.07) is -0.631. The average Bonchev–Trinajstić information content (AvgIpc) is 3.33. The highest BCUT2D eigenvalue weighted by Gasteiger charge is 2.18. The SMILES string of the molecule is CCCCCCCC/C=C\CCCCCCCCCC(=O)OCCCCCCCCCCCCCC/C=C\CCCCCCCCCC(=O)NC(CO)C(O)/C=C/CCCCCCCCCC. The Morgan fingerprint density at radius 3 is 1.06 bits per heavy atom. The molecule has 0 aromatic rings. The summed E-state index contributed by atoms with van der Waals surface area (Å²) in [5.41, 5.74) is 0. The minimum atomic E-state index is -0.846. The molecule has 0 heterocycles. The predicted molar refractivity (Wildman–Crippen MR) is 292 cm³/mol. The van der Waals surface area contributed by atoms with Crippen molar-refractivity contribution in [3.05, 3.63) is 36.5 Å². The van der Waals surface area contributed by atoms with Crippen molar-refractivity contribution in [1.29, 1.82) is 0 Å². The van der Waals surface area contributed by atoms with Gasteiger partial charge in [-0.3, -0.25) is 9.59 Å². The third-order valence-electron chi connectivity index (χ3n) is 13.6. The number of esters is 1.